The molecule has 0 saturated heterocycles. The number of rotatable bonds is 7. The quantitative estimate of drug-likeness (QED) is 0.477. The Kier molecular flexibility index (Phi) is 7.13. The number of halogens is 2. The molecule has 4 nitrogen and oxygen atoms in total. The van der Waals surface area contributed by atoms with E-state index in [4.69, 9.17) is 33.7 Å². The van der Waals surface area contributed by atoms with Gasteiger partial charge >= 0.3 is 5.97 Å². The molecule has 0 aromatic carbocycles. The van der Waals surface area contributed by atoms with E-state index >= 15 is 0 Å². The zero-order chi connectivity index (χ0) is 14.3. The largest absolute Gasteiger partial charge is 0.460 e. The molecule has 1 aromatic rings. The van der Waals surface area contributed by atoms with Gasteiger partial charge in [-0.3, -0.25) is 4.79 Å². The first kappa shape index (κ1) is 16.2. The van der Waals surface area contributed by atoms with E-state index < -0.39 is 12.0 Å². The number of nitrogens with two attached hydrogens (primary N) is 1. The predicted octanol–water partition coefficient (Wildman–Crippen LogP) is 3.34. The molecule has 0 fully saturated rings. The molecule has 19 heavy (non-hydrogen) atoms. The molecule has 6 heteroatoms. The van der Waals surface area contributed by atoms with E-state index in [1.807, 2.05) is 0 Å². The maximum absolute atomic E-state index is 11.7. The Labute approximate surface area is 123 Å². The van der Waals surface area contributed by atoms with Crippen LogP contribution < -0.4 is 5.73 Å². The fourth-order valence-electron chi connectivity index (χ4n) is 1.59. The fraction of sp³-hybridized carbons (Fsp3) is 0.538. The summed E-state index contributed by atoms with van der Waals surface area (Å²) in [6.07, 6.45) is 3.73. The van der Waals surface area contributed by atoms with Crippen LogP contribution in [-0.4, -0.2) is 17.0 Å². The lowest BCUT2D eigenvalue weighted by Gasteiger charge is -2.11. The van der Waals surface area contributed by atoms with Crippen molar-refractivity contribution < 1.29 is 9.53 Å². The van der Waals surface area contributed by atoms with Crippen molar-refractivity contribution in [2.75, 3.05) is 0 Å². The van der Waals surface area contributed by atoms with Crippen LogP contribution in [0.2, 0.25) is 10.3 Å². The molecule has 0 bridgehead atoms. The van der Waals surface area contributed by atoms with Crippen LogP contribution in [-0.2, 0) is 16.1 Å². The molecule has 0 saturated carbocycles. The molecule has 0 unspecified atom stereocenters. The van der Waals surface area contributed by atoms with Gasteiger partial charge in [0.2, 0.25) is 0 Å². The SMILES string of the molecule is CCCCC[C@H](N)C(=O)OCc1cc(Cl)nc(Cl)c1. The van der Waals surface area contributed by atoms with Gasteiger partial charge in [-0.2, -0.15) is 0 Å². The molecule has 2 N–H and O–H groups in total. The van der Waals surface area contributed by atoms with E-state index in [9.17, 15) is 4.79 Å². The topological polar surface area (TPSA) is 65.2 Å². The van der Waals surface area contributed by atoms with Crippen molar-refractivity contribution in [2.45, 2.75) is 45.3 Å². The summed E-state index contributed by atoms with van der Waals surface area (Å²) in [4.78, 5) is 15.5. The van der Waals surface area contributed by atoms with Crippen LogP contribution in [0.4, 0.5) is 0 Å². The minimum absolute atomic E-state index is 0.0995. The van der Waals surface area contributed by atoms with Crippen LogP contribution >= 0.6 is 23.2 Å². The zero-order valence-corrected chi connectivity index (χ0v) is 12.4. The van der Waals surface area contributed by atoms with E-state index in [0.717, 1.165) is 19.3 Å². The second-order valence-electron chi connectivity index (χ2n) is 4.33. The minimum Gasteiger partial charge on any atom is -0.460 e. The highest BCUT2D eigenvalue weighted by atomic mass is 35.5. The maximum Gasteiger partial charge on any atom is 0.323 e. The first-order valence-corrected chi connectivity index (χ1v) is 7.02. The average molecular weight is 305 g/mol. The second-order valence-corrected chi connectivity index (χ2v) is 5.11. The number of hydrogen-bond acceptors (Lipinski definition) is 4. The van der Waals surface area contributed by atoms with E-state index in [0.29, 0.717) is 12.0 Å². The number of pyridine rings is 1. The van der Waals surface area contributed by atoms with Crippen LogP contribution in [0.5, 0.6) is 0 Å². The maximum atomic E-state index is 11.7. The van der Waals surface area contributed by atoms with Crippen molar-refractivity contribution in [2.24, 2.45) is 5.73 Å². The normalized spacial score (nSPS) is 12.2. The van der Waals surface area contributed by atoms with Gasteiger partial charge in [-0.1, -0.05) is 49.4 Å². The smallest absolute Gasteiger partial charge is 0.323 e. The van der Waals surface area contributed by atoms with Gasteiger partial charge in [-0.05, 0) is 24.1 Å². The van der Waals surface area contributed by atoms with Crippen LogP contribution in [0, 0.1) is 0 Å². The Morgan fingerprint density at radius 3 is 2.58 bits per heavy atom. The third kappa shape index (κ3) is 6.23. The third-order valence-corrected chi connectivity index (χ3v) is 3.01. The summed E-state index contributed by atoms with van der Waals surface area (Å²) in [6.45, 7) is 2.20. The summed E-state index contributed by atoms with van der Waals surface area (Å²) in [5, 5.41) is 0.539. The minimum atomic E-state index is -0.570. The number of nitrogens with zero attached hydrogens (tertiary/aromatic N) is 1. The monoisotopic (exact) mass is 304 g/mol. The van der Waals surface area contributed by atoms with Crippen LogP contribution in [0.25, 0.3) is 0 Å². The summed E-state index contributed by atoms with van der Waals surface area (Å²) in [5.74, 6) is -0.403. The standard InChI is InChI=1S/C13H18Cl2N2O2/c1-2-3-4-5-10(16)13(18)19-8-9-6-11(14)17-12(15)7-9/h6-7,10H,2-5,8,16H2,1H3/t10-/m0/s1. The van der Waals surface area contributed by atoms with Crippen molar-refractivity contribution in [1.82, 2.24) is 4.98 Å². The number of ether oxygens (including phenoxy) is 1. The summed E-state index contributed by atoms with van der Waals surface area (Å²) in [7, 11) is 0. The molecule has 1 rings (SSSR count). The Morgan fingerprint density at radius 2 is 2.00 bits per heavy atom. The third-order valence-electron chi connectivity index (χ3n) is 2.63. The summed E-state index contributed by atoms with van der Waals surface area (Å²) in [5.41, 5.74) is 6.44. The first-order chi connectivity index (χ1) is 9.02. The number of hydrogen-bond donors (Lipinski definition) is 1. The van der Waals surface area contributed by atoms with Crippen LogP contribution in [0.15, 0.2) is 12.1 Å². The van der Waals surface area contributed by atoms with E-state index in [-0.39, 0.29) is 16.9 Å². The van der Waals surface area contributed by atoms with Gasteiger partial charge in [0.15, 0.2) is 0 Å². The molecule has 0 aliphatic rings. The molecule has 0 amide bonds. The number of carbonyl (C=O) groups is 1. The highest BCUT2D eigenvalue weighted by Gasteiger charge is 2.14. The lowest BCUT2D eigenvalue weighted by molar-refractivity contribution is -0.146. The molecular weight excluding hydrogens is 287 g/mol. The average Bonchev–Trinajstić information content (AvgIpc) is 2.35. The molecule has 1 aromatic heterocycles. The van der Waals surface area contributed by atoms with Crippen LogP contribution in [0.3, 0.4) is 0 Å². The molecule has 1 atom stereocenters. The number of esters is 1. The molecular formula is C13H18Cl2N2O2. The zero-order valence-electron chi connectivity index (χ0n) is 10.9. The summed E-state index contributed by atoms with van der Waals surface area (Å²) < 4.78 is 5.12. The van der Waals surface area contributed by atoms with Gasteiger partial charge in [0.1, 0.15) is 23.0 Å². The van der Waals surface area contributed by atoms with Crippen molar-refractivity contribution >= 4 is 29.2 Å². The van der Waals surface area contributed by atoms with E-state index in [2.05, 4.69) is 11.9 Å². The molecule has 1 heterocycles. The highest BCUT2D eigenvalue weighted by Crippen LogP contribution is 2.15. The Hall–Kier alpha value is -0.840. The molecule has 0 aliphatic carbocycles. The Balaban J connectivity index is 2.40. The van der Waals surface area contributed by atoms with E-state index in [1.165, 1.54) is 0 Å². The Morgan fingerprint density at radius 1 is 1.37 bits per heavy atom. The molecule has 0 spiro atoms. The Bertz CT molecular complexity index is 407. The van der Waals surface area contributed by atoms with Gasteiger partial charge in [0.05, 0.1) is 0 Å². The lowest BCUT2D eigenvalue weighted by Crippen LogP contribution is -2.32. The fourth-order valence-corrected chi connectivity index (χ4v) is 2.10. The van der Waals surface area contributed by atoms with Crippen molar-refractivity contribution in [3.05, 3.63) is 28.0 Å². The second kappa shape index (κ2) is 8.35. The lowest BCUT2D eigenvalue weighted by atomic mass is 10.1. The predicted molar refractivity (Wildman–Crippen MR) is 76.2 cm³/mol. The van der Waals surface area contributed by atoms with Crippen molar-refractivity contribution in [3.8, 4) is 0 Å². The number of aromatic nitrogens is 1. The van der Waals surface area contributed by atoms with Gasteiger partial charge < -0.3 is 10.5 Å². The molecule has 106 valence electrons. The van der Waals surface area contributed by atoms with Crippen molar-refractivity contribution in [1.29, 1.82) is 0 Å². The van der Waals surface area contributed by atoms with Gasteiger partial charge in [0, 0.05) is 0 Å². The van der Waals surface area contributed by atoms with E-state index in [1.54, 1.807) is 12.1 Å². The summed E-state index contributed by atoms with van der Waals surface area (Å²) in [6, 6.07) is 2.63. The van der Waals surface area contributed by atoms with Crippen molar-refractivity contribution in [3.63, 3.8) is 0 Å². The number of unbranched alkanes of at least 4 members (excludes halogenated alkanes) is 2. The summed E-state index contributed by atoms with van der Waals surface area (Å²) >= 11 is 11.5. The molecule has 0 radical (unpaired) electrons. The van der Waals surface area contributed by atoms with Gasteiger partial charge in [-0.25, -0.2) is 4.98 Å². The van der Waals surface area contributed by atoms with Crippen LogP contribution in [0.1, 0.15) is 38.2 Å². The van der Waals surface area contributed by atoms with Gasteiger partial charge in [-0.15, -0.1) is 0 Å². The number of carbonyl (C=O) groups excluding carboxylic acids is 1. The highest BCUT2D eigenvalue weighted by molar-refractivity contribution is 6.32. The van der Waals surface area contributed by atoms with Gasteiger partial charge in [0.25, 0.3) is 0 Å². The first-order valence-electron chi connectivity index (χ1n) is 6.27. The molecule has 0 aliphatic heterocycles.